The maximum Gasteiger partial charge on any atom is 0.132 e. The molecule has 1 fully saturated rings. The van der Waals surface area contributed by atoms with E-state index in [9.17, 15) is 4.79 Å². The first kappa shape index (κ1) is 20.8. The zero-order valence-electron chi connectivity index (χ0n) is 17.3. The van der Waals surface area contributed by atoms with Crippen molar-refractivity contribution in [3.63, 3.8) is 0 Å². The van der Waals surface area contributed by atoms with Crippen LogP contribution in [-0.4, -0.2) is 40.7 Å². The van der Waals surface area contributed by atoms with Gasteiger partial charge in [0.25, 0.3) is 0 Å². The van der Waals surface area contributed by atoms with Gasteiger partial charge in [0.1, 0.15) is 29.8 Å². The molecule has 1 aliphatic carbocycles. The van der Waals surface area contributed by atoms with Crippen molar-refractivity contribution < 1.29 is 9.53 Å². The molecule has 1 heterocycles. The Labute approximate surface area is 171 Å². The maximum atomic E-state index is 10.9. The van der Waals surface area contributed by atoms with Crippen molar-refractivity contribution in [1.82, 2.24) is 9.97 Å². The molecule has 3 rings (SSSR count). The van der Waals surface area contributed by atoms with Gasteiger partial charge in [-0.2, -0.15) is 0 Å². The second-order valence-corrected chi connectivity index (χ2v) is 7.92. The molecule has 0 bridgehead atoms. The third-order valence-electron chi connectivity index (χ3n) is 5.31. The van der Waals surface area contributed by atoms with Crippen LogP contribution >= 0.6 is 0 Å². The Hall–Kier alpha value is -2.96. The molecule has 0 spiro atoms. The Bertz CT molecular complexity index is 895. The molecular weight excluding hydrogens is 366 g/mol. The lowest BCUT2D eigenvalue weighted by molar-refractivity contribution is -0.110. The molecule has 3 N–H and O–H groups in total. The van der Waals surface area contributed by atoms with E-state index in [0.29, 0.717) is 29.2 Å². The molecule has 7 nitrogen and oxygen atoms in total. The van der Waals surface area contributed by atoms with E-state index in [0.717, 1.165) is 37.9 Å². The van der Waals surface area contributed by atoms with Crippen molar-refractivity contribution in [2.75, 3.05) is 23.7 Å². The van der Waals surface area contributed by atoms with E-state index in [-0.39, 0.29) is 17.2 Å². The first-order valence-corrected chi connectivity index (χ1v) is 10.1. The smallest absolute Gasteiger partial charge is 0.132 e. The first-order valence-electron chi connectivity index (χ1n) is 10.1. The molecule has 1 aromatic heterocycles. The Morgan fingerprint density at radius 1 is 1.38 bits per heavy atom. The largest absolute Gasteiger partial charge is 0.488 e. The molecule has 154 valence electrons. The van der Waals surface area contributed by atoms with Crippen LogP contribution in [0.25, 0.3) is 0 Å². The van der Waals surface area contributed by atoms with Gasteiger partial charge in [-0.15, -0.1) is 0 Å². The Kier molecular flexibility index (Phi) is 6.15. The number of nitrogens with one attached hydrogen (secondary N) is 1. The molecule has 0 saturated heterocycles. The lowest BCUT2D eigenvalue weighted by Crippen LogP contribution is -2.27. The van der Waals surface area contributed by atoms with Gasteiger partial charge < -0.3 is 20.2 Å². The summed E-state index contributed by atoms with van der Waals surface area (Å²) in [5, 5.41) is 8.66. The van der Waals surface area contributed by atoms with Crippen LogP contribution in [0, 0.1) is 11.3 Å². The number of carbonyl (C=O) groups is 1. The van der Waals surface area contributed by atoms with Crippen LogP contribution < -0.4 is 15.4 Å². The van der Waals surface area contributed by atoms with Gasteiger partial charge in [-0.3, -0.25) is 5.41 Å². The lowest BCUT2D eigenvalue weighted by atomic mass is 10.0. The average Bonchev–Trinajstić information content (AvgIpc) is 3.46. The lowest BCUT2D eigenvalue weighted by Gasteiger charge is -2.23. The number of aromatic nitrogens is 2. The molecule has 1 atom stereocenters. The van der Waals surface area contributed by atoms with Crippen LogP contribution in [-0.2, 0) is 4.79 Å². The molecule has 1 aliphatic rings. The van der Waals surface area contributed by atoms with Gasteiger partial charge in [0, 0.05) is 36.3 Å². The van der Waals surface area contributed by atoms with Gasteiger partial charge in [0.15, 0.2) is 0 Å². The highest BCUT2D eigenvalue weighted by Crippen LogP contribution is 2.40. The maximum absolute atomic E-state index is 10.9. The highest BCUT2D eigenvalue weighted by atomic mass is 16.5. The minimum atomic E-state index is -0.0993. The van der Waals surface area contributed by atoms with Gasteiger partial charge in [-0.25, -0.2) is 9.97 Å². The Morgan fingerprint density at radius 2 is 2.14 bits per heavy atom. The van der Waals surface area contributed by atoms with Gasteiger partial charge in [-0.05, 0) is 51.3 Å². The summed E-state index contributed by atoms with van der Waals surface area (Å²) in [6, 6.07) is 7.22. The third kappa shape index (κ3) is 5.10. The molecule has 1 aromatic carbocycles. The zero-order valence-corrected chi connectivity index (χ0v) is 17.3. The van der Waals surface area contributed by atoms with E-state index in [4.69, 9.17) is 15.9 Å². The average molecular weight is 396 g/mol. The summed E-state index contributed by atoms with van der Waals surface area (Å²) >= 11 is 0. The fourth-order valence-electron chi connectivity index (χ4n) is 3.03. The van der Waals surface area contributed by atoms with Crippen molar-refractivity contribution in [1.29, 1.82) is 5.41 Å². The second-order valence-electron chi connectivity index (χ2n) is 7.92. The first-order chi connectivity index (χ1) is 13.8. The van der Waals surface area contributed by atoms with Gasteiger partial charge in [0.05, 0.1) is 11.4 Å². The molecule has 29 heavy (non-hydrogen) atoms. The summed E-state index contributed by atoms with van der Waals surface area (Å²) in [6.45, 7) is 7.48. The van der Waals surface area contributed by atoms with Crippen LogP contribution in [0.1, 0.15) is 51.3 Å². The number of ether oxygens (including phenoxy) is 1. The highest BCUT2D eigenvalue weighted by Gasteiger charge is 2.40. The fourth-order valence-corrected chi connectivity index (χ4v) is 3.03. The summed E-state index contributed by atoms with van der Waals surface area (Å²) < 4.78 is 6.02. The molecule has 1 unspecified atom stereocenters. The number of hydrogen-bond donors (Lipinski definition) is 2. The van der Waals surface area contributed by atoms with E-state index < -0.39 is 0 Å². The molecule has 1 saturated carbocycles. The van der Waals surface area contributed by atoms with Crippen molar-refractivity contribution >= 4 is 23.5 Å². The van der Waals surface area contributed by atoms with Gasteiger partial charge in [-0.1, -0.05) is 6.92 Å². The van der Waals surface area contributed by atoms with Crippen LogP contribution in [0.15, 0.2) is 30.6 Å². The number of carbonyl (C=O) groups excluding carboxylic acids is 1. The number of nitrogens with two attached hydrogens (primary N) is 1. The van der Waals surface area contributed by atoms with Crippen molar-refractivity contribution in [2.24, 2.45) is 5.92 Å². The number of nitrogens with zero attached hydrogens (tertiary/aromatic N) is 3. The predicted molar refractivity (Wildman–Crippen MR) is 115 cm³/mol. The molecule has 0 amide bonds. The summed E-state index contributed by atoms with van der Waals surface area (Å²) in [5.74, 6) is 1.45. The van der Waals surface area contributed by atoms with E-state index in [1.807, 2.05) is 26.0 Å². The monoisotopic (exact) mass is 395 g/mol. The quantitative estimate of drug-likeness (QED) is 0.363. The predicted octanol–water partition coefficient (Wildman–Crippen LogP) is 3.46. The molecule has 0 radical (unpaired) electrons. The number of nitrogen functional groups attached to an aromatic ring is 1. The summed E-state index contributed by atoms with van der Waals surface area (Å²) in [4.78, 5) is 21.6. The third-order valence-corrected chi connectivity index (χ3v) is 5.31. The number of benzene rings is 1. The standard InChI is InChI=1S/C22H29N5O2/c1-4-27(10-7-15(2)13-28)20-12-19(25-14-26-20)21(24)17-11-16(5-6-18(17)23)29-22(3)8-9-22/h5-6,11-15,24H,4,7-10,23H2,1-3H3. The minimum Gasteiger partial charge on any atom is -0.488 e. The zero-order chi connectivity index (χ0) is 21.0. The number of hydrogen-bond acceptors (Lipinski definition) is 7. The van der Waals surface area contributed by atoms with Crippen molar-refractivity contribution in [3.05, 3.63) is 41.9 Å². The highest BCUT2D eigenvalue weighted by molar-refractivity contribution is 6.13. The van der Waals surface area contributed by atoms with Crippen molar-refractivity contribution in [2.45, 2.75) is 45.6 Å². The van der Waals surface area contributed by atoms with Crippen LogP contribution in [0.5, 0.6) is 5.75 Å². The normalized spacial score (nSPS) is 15.4. The van der Waals surface area contributed by atoms with E-state index in [2.05, 4.69) is 21.8 Å². The molecule has 0 aliphatic heterocycles. The van der Waals surface area contributed by atoms with E-state index >= 15 is 0 Å². The topological polar surface area (TPSA) is 105 Å². The molecule has 7 heteroatoms. The number of rotatable bonds is 10. The van der Waals surface area contributed by atoms with Crippen molar-refractivity contribution in [3.8, 4) is 5.75 Å². The van der Waals surface area contributed by atoms with E-state index in [1.165, 1.54) is 6.33 Å². The minimum absolute atomic E-state index is 0.000444. The fraction of sp³-hybridized carbons (Fsp3) is 0.455. The van der Waals surface area contributed by atoms with E-state index in [1.54, 1.807) is 12.1 Å². The van der Waals surface area contributed by atoms with Gasteiger partial charge >= 0.3 is 0 Å². The number of anilines is 2. The SMILES string of the molecule is CCN(CCC(C)C=O)c1cc(C(=N)c2cc(OC3(C)CC3)ccc2N)ncn1. The Balaban J connectivity index is 1.81. The van der Waals surface area contributed by atoms with Crippen LogP contribution in [0.3, 0.4) is 0 Å². The number of aldehydes is 1. The molecular formula is C22H29N5O2. The Morgan fingerprint density at radius 3 is 2.79 bits per heavy atom. The summed E-state index contributed by atoms with van der Waals surface area (Å²) in [5.41, 5.74) is 7.88. The van der Waals surface area contributed by atoms with Crippen LogP contribution in [0.2, 0.25) is 0 Å². The molecule has 2 aromatic rings. The second kappa shape index (κ2) is 8.59. The summed E-state index contributed by atoms with van der Waals surface area (Å²) in [7, 11) is 0. The summed E-state index contributed by atoms with van der Waals surface area (Å²) in [6.07, 6.45) is 5.25. The van der Waals surface area contributed by atoms with Crippen LogP contribution in [0.4, 0.5) is 11.5 Å². The van der Waals surface area contributed by atoms with Gasteiger partial charge in [0.2, 0.25) is 0 Å².